The van der Waals surface area contributed by atoms with Crippen molar-refractivity contribution in [3.63, 3.8) is 0 Å². The van der Waals surface area contributed by atoms with Gasteiger partial charge in [-0.1, -0.05) is 6.08 Å². The Morgan fingerprint density at radius 2 is 1.84 bits per heavy atom. The first-order chi connectivity index (χ1) is 8.98. The van der Waals surface area contributed by atoms with Gasteiger partial charge in [-0.2, -0.15) is 0 Å². The molecule has 3 fully saturated rings. The van der Waals surface area contributed by atoms with E-state index >= 15 is 0 Å². The van der Waals surface area contributed by atoms with Gasteiger partial charge in [0.1, 0.15) is 12.2 Å². The van der Waals surface area contributed by atoms with E-state index in [0.717, 1.165) is 6.42 Å². The van der Waals surface area contributed by atoms with E-state index in [9.17, 15) is 5.11 Å². The van der Waals surface area contributed by atoms with Crippen molar-refractivity contribution in [3.8, 4) is 0 Å². The van der Waals surface area contributed by atoms with Gasteiger partial charge < -0.3 is 24.1 Å². The zero-order chi connectivity index (χ0) is 13.6. The maximum atomic E-state index is 9.95. The summed E-state index contributed by atoms with van der Waals surface area (Å²) in [7, 11) is 0. The molecule has 6 atom stereocenters. The SMILES string of the molecule is C=C[C@@H]1O[C@@H]2C[C@@H]3OC(C)(C)OC[C@H]3O[C@H]2C[C@H]1O. The van der Waals surface area contributed by atoms with Crippen molar-refractivity contribution in [2.75, 3.05) is 6.61 Å². The van der Waals surface area contributed by atoms with Crippen LogP contribution in [0.3, 0.4) is 0 Å². The number of aliphatic hydroxyl groups is 1. The predicted molar refractivity (Wildman–Crippen MR) is 67.7 cm³/mol. The van der Waals surface area contributed by atoms with Gasteiger partial charge in [0, 0.05) is 12.8 Å². The van der Waals surface area contributed by atoms with Gasteiger partial charge in [0.05, 0.1) is 31.0 Å². The molecule has 3 aliphatic rings. The summed E-state index contributed by atoms with van der Waals surface area (Å²) in [5.74, 6) is -0.566. The van der Waals surface area contributed by atoms with E-state index < -0.39 is 11.9 Å². The number of fused-ring (bicyclic) bond motifs is 2. The fourth-order valence-corrected chi connectivity index (χ4v) is 3.11. The Labute approximate surface area is 113 Å². The molecule has 3 heterocycles. The Bertz CT molecular complexity index is 356. The van der Waals surface area contributed by atoms with Crippen LogP contribution < -0.4 is 0 Å². The van der Waals surface area contributed by atoms with E-state index in [1.165, 1.54) is 0 Å². The highest BCUT2D eigenvalue weighted by Gasteiger charge is 2.48. The quantitative estimate of drug-likeness (QED) is 0.720. The van der Waals surface area contributed by atoms with Crippen molar-refractivity contribution in [2.24, 2.45) is 0 Å². The molecule has 0 spiro atoms. The van der Waals surface area contributed by atoms with Gasteiger partial charge in [0.25, 0.3) is 0 Å². The number of aliphatic hydroxyl groups excluding tert-OH is 1. The van der Waals surface area contributed by atoms with Crippen LogP contribution in [0.25, 0.3) is 0 Å². The second-order valence-corrected chi connectivity index (χ2v) is 5.99. The Kier molecular flexibility index (Phi) is 3.43. The highest BCUT2D eigenvalue weighted by molar-refractivity contribution is 4.98. The molecule has 3 saturated heterocycles. The summed E-state index contributed by atoms with van der Waals surface area (Å²) in [5.41, 5.74) is 0. The first-order valence-electron chi connectivity index (χ1n) is 6.92. The second kappa shape index (κ2) is 4.82. The molecule has 0 aliphatic carbocycles. The number of rotatable bonds is 1. The maximum absolute atomic E-state index is 9.95. The Balaban J connectivity index is 1.70. The molecular formula is C14H22O5. The van der Waals surface area contributed by atoms with Crippen molar-refractivity contribution in [2.45, 2.75) is 69.1 Å². The zero-order valence-corrected chi connectivity index (χ0v) is 11.5. The number of hydrogen-bond donors (Lipinski definition) is 1. The normalized spacial score (nSPS) is 49.0. The number of ether oxygens (including phenoxy) is 4. The van der Waals surface area contributed by atoms with Crippen molar-refractivity contribution >= 4 is 0 Å². The average molecular weight is 270 g/mol. The van der Waals surface area contributed by atoms with E-state index in [1.807, 2.05) is 13.8 Å². The van der Waals surface area contributed by atoms with Crippen LogP contribution in [0.5, 0.6) is 0 Å². The topological polar surface area (TPSA) is 57.2 Å². The Morgan fingerprint density at radius 3 is 2.58 bits per heavy atom. The van der Waals surface area contributed by atoms with Crippen LogP contribution in [0.2, 0.25) is 0 Å². The molecule has 0 bridgehead atoms. The van der Waals surface area contributed by atoms with Crippen molar-refractivity contribution in [1.82, 2.24) is 0 Å². The van der Waals surface area contributed by atoms with Crippen LogP contribution in [0, 0.1) is 0 Å². The molecule has 0 radical (unpaired) electrons. The summed E-state index contributed by atoms with van der Waals surface area (Å²) < 4.78 is 23.4. The largest absolute Gasteiger partial charge is 0.390 e. The van der Waals surface area contributed by atoms with Gasteiger partial charge in [-0.25, -0.2) is 0 Å². The lowest BCUT2D eigenvalue weighted by Crippen LogP contribution is -2.60. The molecule has 5 heteroatoms. The van der Waals surface area contributed by atoms with Crippen LogP contribution in [0.15, 0.2) is 12.7 Å². The van der Waals surface area contributed by atoms with E-state index in [-0.39, 0.29) is 30.5 Å². The first-order valence-corrected chi connectivity index (χ1v) is 6.92. The molecule has 3 rings (SSSR count). The molecule has 0 unspecified atom stereocenters. The standard InChI is InChI=1S/C14H22O5/c1-4-9-8(15)5-10-11(17-9)6-12-13(18-10)7-16-14(2,3)19-12/h4,8-13,15H,1,5-7H2,2-3H3/t8-,9+,10+,11-,12+,13-/m1/s1. The number of hydrogen-bond acceptors (Lipinski definition) is 5. The van der Waals surface area contributed by atoms with Crippen LogP contribution in [0.1, 0.15) is 26.7 Å². The monoisotopic (exact) mass is 270 g/mol. The molecule has 0 aromatic rings. The Hall–Kier alpha value is -0.460. The third-order valence-corrected chi connectivity index (χ3v) is 4.09. The molecule has 3 aliphatic heterocycles. The molecule has 0 saturated carbocycles. The third kappa shape index (κ3) is 2.58. The first kappa shape index (κ1) is 13.5. The van der Waals surface area contributed by atoms with Crippen LogP contribution in [-0.2, 0) is 18.9 Å². The summed E-state index contributed by atoms with van der Waals surface area (Å²) in [6, 6.07) is 0. The molecule has 108 valence electrons. The summed E-state index contributed by atoms with van der Waals surface area (Å²) in [6.45, 7) is 8.05. The average Bonchev–Trinajstić information content (AvgIpc) is 2.35. The third-order valence-electron chi connectivity index (χ3n) is 4.09. The summed E-state index contributed by atoms with van der Waals surface area (Å²) >= 11 is 0. The predicted octanol–water partition coefficient (Wildman–Crippen LogP) is 1.000. The lowest BCUT2D eigenvalue weighted by Gasteiger charge is -2.50. The van der Waals surface area contributed by atoms with Crippen molar-refractivity contribution in [1.29, 1.82) is 0 Å². The van der Waals surface area contributed by atoms with Gasteiger partial charge >= 0.3 is 0 Å². The summed E-state index contributed by atoms with van der Waals surface area (Å²) in [6.07, 6.45) is 1.96. The van der Waals surface area contributed by atoms with Gasteiger partial charge in [-0.05, 0) is 13.8 Å². The van der Waals surface area contributed by atoms with E-state index in [2.05, 4.69) is 6.58 Å². The van der Waals surface area contributed by atoms with Gasteiger partial charge in [-0.3, -0.25) is 0 Å². The van der Waals surface area contributed by atoms with Crippen LogP contribution in [-0.4, -0.2) is 54.1 Å². The molecular weight excluding hydrogens is 248 g/mol. The molecule has 0 aromatic carbocycles. The lowest BCUT2D eigenvalue weighted by atomic mass is 9.90. The summed E-state index contributed by atoms with van der Waals surface area (Å²) in [5, 5.41) is 9.95. The molecule has 19 heavy (non-hydrogen) atoms. The highest BCUT2D eigenvalue weighted by Crippen LogP contribution is 2.37. The minimum atomic E-state index is -0.566. The van der Waals surface area contributed by atoms with Crippen molar-refractivity contribution in [3.05, 3.63) is 12.7 Å². The minimum absolute atomic E-state index is 0.00860. The maximum Gasteiger partial charge on any atom is 0.163 e. The molecule has 0 amide bonds. The highest BCUT2D eigenvalue weighted by atomic mass is 16.7. The van der Waals surface area contributed by atoms with E-state index in [4.69, 9.17) is 18.9 Å². The molecule has 5 nitrogen and oxygen atoms in total. The van der Waals surface area contributed by atoms with E-state index in [0.29, 0.717) is 13.0 Å². The summed E-state index contributed by atoms with van der Waals surface area (Å²) in [4.78, 5) is 0. The fraction of sp³-hybridized carbons (Fsp3) is 0.857. The molecule has 0 aromatic heterocycles. The molecule has 1 N–H and O–H groups in total. The second-order valence-electron chi connectivity index (χ2n) is 5.99. The van der Waals surface area contributed by atoms with Crippen molar-refractivity contribution < 1.29 is 24.1 Å². The van der Waals surface area contributed by atoms with Crippen LogP contribution >= 0.6 is 0 Å². The fourth-order valence-electron chi connectivity index (χ4n) is 3.11. The van der Waals surface area contributed by atoms with Crippen LogP contribution in [0.4, 0.5) is 0 Å². The Morgan fingerprint density at radius 1 is 1.11 bits per heavy atom. The smallest absolute Gasteiger partial charge is 0.163 e. The zero-order valence-electron chi connectivity index (χ0n) is 11.5. The minimum Gasteiger partial charge on any atom is -0.390 e. The van der Waals surface area contributed by atoms with E-state index in [1.54, 1.807) is 6.08 Å². The lowest BCUT2D eigenvalue weighted by molar-refractivity contribution is -0.347. The van der Waals surface area contributed by atoms with Gasteiger partial charge in [0.2, 0.25) is 0 Å². The van der Waals surface area contributed by atoms with Gasteiger partial charge in [-0.15, -0.1) is 6.58 Å². The van der Waals surface area contributed by atoms with Gasteiger partial charge in [0.15, 0.2) is 5.79 Å².